The lowest BCUT2D eigenvalue weighted by Gasteiger charge is -2.54. The molecule has 0 aromatic rings. The molecule has 0 aromatic heterocycles. The summed E-state index contributed by atoms with van der Waals surface area (Å²) in [4.78, 5) is 24.3. The highest BCUT2D eigenvalue weighted by molar-refractivity contribution is 5.91. The molecular weight excluding hydrogens is 264 g/mol. The fourth-order valence-corrected chi connectivity index (χ4v) is 4.81. The normalized spacial score (nSPS) is 60.0. The maximum absolute atomic E-state index is 12.3. The lowest BCUT2D eigenvalue weighted by atomic mass is 9.62. The quantitative estimate of drug-likeness (QED) is 0.797. The van der Waals surface area contributed by atoms with Crippen LogP contribution in [0.25, 0.3) is 0 Å². The van der Waals surface area contributed by atoms with Gasteiger partial charge in [-0.1, -0.05) is 0 Å². The SMILES string of the molecule is CC(=O)[C@H]1[C@]2(C)O[C@]3(C)O[C@@]1(C)[C@@](C)(O)[C@]3(C(C)=O)O2. The smallest absolute Gasteiger partial charge is 0.213 e. The van der Waals surface area contributed by atoms with Crippen molar-refractivity contribution in [3.05, 3.63) is 0 Å². The molecule has 20 heavy (non-hydrogen) atoms. The number of hydrogen-bond acceptors (Lipinski definition) is 6. The predicted molar refractivity (Wildman–Crippen MR) is 66.7 cm³/mol. The number of aliphatic hydroxyl groups is 1. The Morgan fingerprint density at radius 2 is 1.55 bits per heavy atom. The van der Waals surface area contributed by atoms with Gasteiger partial charge in [-0.3, -0.25) is 9.59 Å². The number of Topliss-reactive ketones (excluding diaryl/α,β-unsaturated/α-hetero) is 2. The van der Waals surface area contributed by atoms with Gasteiger partial charge in [-0.15, -0.1) is 0 Å². The fraction of sp³-hybridized carbons (Fsp3) is 0.857. The molecule has 0 aromatic carbocycles. The molecule has 0 saturated carbocycles. The van der Waals surface area contributed by atoms with Gasteiger partial charge in [-0.25, -0.2) is 0 Å². The molecule has 1 N–H and O–H groups in total. The second-order valence-electron chi connectivity index (χ2n) is 6.73. The minimum Gasteiger partial charge on any atom is -0.383 e. The summed E-state index contributed by atoms with van der Waals surface area (Å²) in [6.07, 6.45) is 0. The molecule has 4 rings (SSSR count). The zero-order chi connectivity index (χ0) is 15.4. The summed E-state index contributed by atoms with van der Waals surface area (Å²) in [6, 6.07) is 0. The van der Waals surface area contributed by atoms with Crippen LogP contribution in [0.2, 0.25) is 0 Å². The molecule has 6 atom stereocenters. The van der Waals surface area contributed by atoms with E-state index in [0.29, 0.717) is 0 Å². The van der Waals surface area contributed by atoms with Crippen LogP contribution < -0.4 is 0 Å². The first-order chi connectivity index (χ1) is 8.88. The Morgan fingerprint density at radius 3 is 1.95 bits per heavy atom. The van der Waals surface area contributed by atoms with Gasteiger partial charge in [0.05, 0.1) is 0 Å². The Balaban J connectivity index is 2.33. The van der Waals surface area contributed by atoms with Crippen molar-refractivity contribution in [1.29, 1.82) is 0 Å². The second-order valence-corrected chi connectivity index (χ2v) is 6.73. The highest BCUT2D eigenvalue weighted by Crippen LogP contribution is 2.70. The predicted octanol–water partition coefficient (Wildman–Crippen LogP) is 0.552. The summed E-state index contributed by atoms with van der Waals surface area (Å²) < 4.78 is 17.6. The van der Waals surface area contributed by atoms with Crippen LogP contribution in [-0.4, -0.2) is 45.1 Å². The molecule has 0 spiro atoms. The summed E-state index contributed by atoms with van der Waals surface area (Å²) in [6.45, 7) is 9.07. The number of hydrogen-bond donors (Lipinski definition) is 1. The molecule has 0 amide bonds. The van der Waals surface area contributed by atoms with Crippen molar-refractivity contribution in [2.24, 2.45) is 5.92 Å². The van der Waals surface area contributed by atoms with Crippen LogP contribution in [0.15, 0.2) is 0 Å². The number of rotatable bonds is 2. The number of ether oxygens (including phenoxy) is 3. The highest BCUT2D eigenvalue weighted by atomic mass is 16.9. The van der Waals surface area contributed by atoms with Crippen molar-refractivity contribution in [3.63, 3.8) is 0 Å². The lowest BCUT2D eigenvalue weighted by molar-refractivity contribution is -0.379. The van der Waals surface area contributed by atoms with E-state index < -0.39 is 34.3 Å². The van der Waals surface area contributed by atoms with Crippen LogP contribution in [0, 0.1) is 5.92 Å². The standard InChI is InChI=1S/C14H20O6/c1-7(15)9-10(3)12(5,17)14(8(2)16)13(6,18-10)19-11(9,4)20-14/h9,17H,1-6H3/t9-,10-,11-,12-,13+,14+/m1/s1. The Labute approximate surface area is 117 Å². The van der Waals surface area contributed by atoms with Gasteiger partial charge in [0.25, 0.3) is 0 Å². The molecule has 4 saturated heterocycles. The van der Waals surface area contributed by atoms with Crippen LogP contribution in [0.3, 0.4) is 0 Å². The van der Waals surface area contributed by atoms with E-state index in [-0.39, 0.29) is 11.6 Å². The summed E-state index contributed by atoms with van der Waals surface area (Å²) in [7, 11) is 0. The van der Waals surface area contributed by atoms with Crippen LogP contribution in [-0.2, 0) is 23.8 Å². The van der Waals surface area contributed by atoms with Crippen LogP contribution >= 0.6 is 0 Å². The van der Waals surface area contributed by atoms with Gasteiger partial charge in [0, 0.05) is 0 Å². The van der Waals surface area contributed by atoms with E-state index in [9.17, 15) is 14.7 Å². The van der Waals surface area contributed by atoms with E-state index in [1.54, 1.807) is 20.8 Å². The van der Waals surface area contributed by atoms with E-state index in [2.05, 4.69) is 0 Å². The maximum atomic E-state index is 12.3. The van der Waals surface area contributed by atoms with Gasteiger partial charge in [0.1, 0.15) is 22.9 Å². The van der Waals surface area contributed by atoms with Gasteiger partial charge >= 0.3 is 0 Å². The van der Waals surface area contributed by atoms with Crippen molar-refractivity contribution in [3.8, 4) is 0 Å². The zero-order valence-electron chi connectivity index (χ0n) is 12.6. The molecule has 0 radical (unpaired) electrons. The molecule has 112 valence electrons. The molecule has 6 heteroatoms. The van der Waals surface area contributed by atoms with Crippen molar-refractivity contribution in [2.45, 2.75) is 69.9 Å². The van der Waals surface area contributed by atoms with Crippen molar-refractivity contribution < 1.29 is 28.9 Å². The minimum atomic E-state index is -1.67. The lowest BCUT2D eigenvalue weighted by Crippen LogP contribution is -2.74. The van der Waals surface area contributed by atoms with E-state index in [1.807, 2.05) is 0 Å². The molecule has 4 heterocycles. The number of carbonyl (C=O) groups is 2. The first-order valence-electron chi connectivity index (χ1n) is 6.72. The van der Waals surface area contributed by atoms with Crippen LogP contribution in [0.1, 0.15) is 41.5 Å². The van der Waals surface area contributed by atoms with Crippen LogP contribution in [0.5, 0.6) is 0 Å². The monoisotopic (exact) mass is 284 g/mol. The zero-order valence-corrected chi connectivity index (χ0v) is 12.6. The molecule has 4 bridgehead atoms. The van der Waals surface area contributed by atoms with Crippen molar-refractivity contribution in [1.82, 2.24) is 0 Å². The number of carbonyl (C=O) groups excluding carboxylic acids is 2. The Hall–Kier alpha value is -0.820. The second kappa shape index (κ2) is 3.16. The summed E-state index contributed by atoms with van der Waals surface area (Å²) in [5.41, 5.74) is -4.55. The van der Waals surface area contributed by atoms with Crippen molar-refractivity contribution in [2.75, 3.05) is 0 Å². The van der Waals surface area contributed by atoms with Crippen LogP contribution in [0.4, 0.5) is 0 Å². The largest absolute Gasteiger partial charge is 0.383 e. The van der Waals surface area contributed by atoms with Gasteiger partial charge in [-0.05, 0) is 41.5 Å². The molecule has 4 aliphatic rings. The third kappa shape index (κ3) is 1.03. The van der Waals surface area contributed by atoms with Gasteiger partial charge in [-0.2, -0.15) is 0 Å². The summed E-state index contributed by atoms with van der Waals surface area (Å²) >= 11 is 0. The third-order valence-electron chi connectivity index (χ3n) is 5.43. The fourth-order valence-electron chi connectivity index (χ4n) is 4.81. The Morgan fingerprint density at radius 1 is 1.00 bits per heavy atom. The van der Waals surface area contributed by atoms with Crippen molar-refractivity contribution >= 4 is 11.6 Å². The minimum absolute atomic E-state index is 0.212. The molecule has 0 aliphatic carbocycles. The first kappa shape index (κ1) is 14.1. The van der Waals surface area contributed by atoms with Gasteiger partial charge in [0.15, 0.2) is 11.6 Å². The Bertz CT molecular complexity index is 542. The molecular formula is C14H20O6. The first-order valence-corrected chi connectivity index (χ1v) is 6.72. The number of ketones is 2. The topological polar surface area (TPSA) is 82.1 Å². The maximum Gasteiger partial charge on any atom is 0.213 e. The molecule has 4 fully saturated rings. The third-order valence-corrected chi connectivity index (χ3v) is 5.43. The van der Waals surface area contributed by atoms with E-state index in [4.69, 9.17) is 14.2 Å². The summed E-state index contributed by atoms with van der Waals surface area (Å²) in [5.74, 6) is -4.08. The average Bonchev–Trinajstić information content (AvgIpc) is 2.46. The van der Waals surface area contributed by atoms with Gasteiger partial charge in [0.2, 0.25) is 11.4 Å². The van der Waals surface area contributed by atoms with Gasteiger partial charge < -0.3 is 19.3 Å². The molecule has 4 aliphatic heterocycles. The average molecular weight is 284 g/mol. The van der Waals surface area contributed by atoms with E-state index in [1.165, 1.54) is 20.8 Å². The summed E-state index contributed by atoms with van der Waals surface area (Å²) in [5, 5.41) is 11.0. The highest BCUT2D eigenvalue weighted by Gasteiger charge is 2.91. The van der Waals surface area contributed by atoms with E-state index >= 15 is 0 Å². The Kier molecular flexibility index (Phi) is 2.24. The molecule has 0 unspecified atom stereocenters. The molecule has 6 nitrogen and oxygen atoms in total. The van der Waals surface area contributed by atoms with E-state index in [0.717, 1.165) is 0 Å².